The Morgan fingerprint density at radius 2 is 2.07 bits per heavy atom. The third-order valence-electron chi connectivity index (χ3n) is 2.21. The summed E-state index contributed by atoms with van der Waals surface area (Å²) in [6, 6.07) is 0. The van der Waals surface area contributed by atoms with Crippen molar-refractivity contribution >= 4 is 8.32 Å². The van der Waals surface area contributed by atoms with Crippen molar-refractivity contribution in [1.82, 2.24) is 0 Å². The lowest BCUT2D eigenvalue weighted by atomic mass is 10.1. The normalized spacial score (nSPS) is 16.6. The summed E-state index contributed by atoms with van der Waals surface area (Å²) in [5, 5.41) is 0. The molecule has 0 spiro atoms. The zero-order valence-corrected chi connectivity index (χ0v) is 10.9. The van der Waals surface area contributed by atoms with Crippen LogP contribution >= 0.6 is 0 Å². The first-order valence-electron chi connectivity index (χ1n) is 5.60. The van der Waals surface area contributed by atoms with Crippen molar-refractivity contribution in [2.75, 3.05) is 0 Å². The SMILES string of the molecule is CCCCC1=C(O[Si](C)(C)C)CC=C1. The highest BCUT2D eigenvalue weighted by molar-refractivity contribution is 6.70. The van der Waals surface area contributed by atoms with E-state index in [1.165, 1.54) is 30.6 Å². The smallest absolute Gasteiger partial charge is 0.241 e. The number of allylic oxidation sites excluding steroid dienone is 3. The van der Waals surface area contributed by atoms with E-state index in [1.54, 1.807) is 0 Å². The average Bonchev–Trinajstić information content (AvgIpc) is 2.45. The second-order valence-corrected chi connectivity index (χ2v) is 9.30. The molecule has 1 aliphatic carbocycles. The van der Waals surface area contributed by atoms with Gasteiger partial charge in [-0.05, 0) is 38.1 Å². The van der Waals surface area contributed by atoms with Crippen molar-refractivity contribution in [3.8, 4) is 0 Å². The van der Waals surface area contributed by atoms with Gasteiger partial charge in [0.25, 0.3) is 0 Å². The maximum Gasteiger partial charge on any atom is 0.241 e. The molecule has 0 aromatic heterocycles. The summed E-state index contributed by atoms with van der Waals surface area (Å²) in [7, 11) is -1.40. The van der Waals surface area contributed by atoms with Crippen molar-refractivity contribution in [2.45, 2.75) is 52.2 Å². The Kier molecular flexibility index (Phi) is 3.99. The van der Waals surface area contributed by atoms with E-state index < -0.39 is 8.32 Å². The topological polar surface area (TPSA) is 9.23 Å². The highest BCUT2D eigenvalue weighted by Gasteiger charge is 2.20. The van der Waals surface area contributed by atoms with Gasteiger partial charge in [-0.25, -0.2) is 0 Å². The molecule has 0 aromatic carbocycles. The molecule has 1 nitrogen and oxygen atoms in total. The molecule has 0 heterocycles. The summed E-state index contributed by atoms with van der Waals surface area (Å²) in [6.07, 6.45) is 9.21. The van der Waals surface area contributed by atoms with E-state index in [1.807, 2.05) is 0 Å². The molecule has 80 valence electrons. The first-order chi connectivity index (χ1) is 6.53. The lowest BCUT2D eigenvalue weighted by Gasteiger charge is -2.21. The molecule has 2 heteroatoms. The van der Waals surface area contributed by atoms with Crippen LogP contribution in [0.3, 0.4) is 0 Å². The highest BCUT2D eigenvalue weighted by Crippen LogP contribution is 2.27. The molecule has 0 amide bonds. The van der Waals surface area contributed by atoms with E-state index in [0.717, 1.165) is 6.42 Å². The monoisotopic (exact) mass is 210 g/mol. The van der Waals surface area contributed by atoms with E-state index in [0.29, 0.717) is 0 Å². The predicted octanol–water partition coefficient (Wildman–Crippen LogP) is 4.24. The number of rotatable bonds is 5. The second-order valence-electron chi connectivity index (χ2n) is 4.87. The maximum atomic E-state index is 6.06. The summed E-state index contributed by atoms with van der Waals surface area (Å²) in [4.78, 5) is 0. The van der Waals surface area contributed by atoms with Crippen molar-refractivity contribution < 1.29 is 4.43 Å². The van der Waals surface area contributed by atoms with Crippen LogP contribution in [-0.2, 0) is 4.43 Å². The minimum Gasteiger partial charge on any atom is -0.547 e. The fourth-order valence-electron chi connectivity index (χ4n) is 1.60. The minimum atomic E-state index is -1.40. The quantitative estimate of drug-likeness (QED) is 0.617. The van der Waals surface area contributed by atoms with Gasteiger partial charge in [-0.1, -0.05) is 25.5 Å². The first-order valence-corrected chi connectivity index (χ1v) is 9.01. The van der Waals surface area contributed by atoms with E-state index in [4.69, 9.17) is 4.43 Å². The molecule has 0 bridgehead atoms. The van der Waals surface area contributed by atoms with Crippen molar-refractivity contribution in [3.05, 3.63) is 23.5 Å². The van der Waals surface area contributed by atoms with E-state index in [-0.39, 0.29) is 0 Å². The van der Waals surface area contributed by atoms with Crippen LogP contribution in [-0.4, -0.2) is 8.32 Å². The van der Waals surface area contributed by atoms with Gasteiger partial charge in [0.1, 0.15) is 0 Å². The van der Waals surface area contributed by atoms with Crippen molar-refractivity contribution in [3.63, 3.8) is 0 Å². The zero-order valence-electron chi connectivity index (χ0n) is 9.89. The third kappa shape index (κ3) is 3.70. The standard InChI is InChI=1S/C12H22OSi/c1-5-6-8-11-9-7-10-12(11)13-14(2,3)4/h7,9H,5-6,8,10H2,1-4H3. The predicted molar refractivity (Wildman–Crippen MR) is 64.7 cm³/mol. The van der Waals surface area contributed by atoms with Crippen LogP contribution in [0.5, 0.6) is 0 Å². The summed E-state index contributed by atoms with van der Waals surface area (Å²) in [5.74, 6) is 1.25. The molecule has 14 heavy (non-hydrogen) atoms. The molecule has 0 aliphatic heterocycles. The second kappa shape index (κ2) is 4.83. The Morgan fingerprint density at radius 1 is 1.36 bits per heavy atom. The minimum absolute atomic E-state index is 1.02. The maximum absolute atomic E-state index is 6.06. The van der Waals surface area contributed by atoms with Gasteiger partial charge in [-0.2, -0.15) is 0 Å². The van der Waals surface area contributed by atoms with Crippen LogP contribution in [0.25, 0.3) is 0 Å². The van der Waals surface area contributed by atoms with Crippen LogP contribution < -0.4 is 0 Å². The van der Waals surface area contributed by atoms with E-state index >= 15 is 0 Å². The Hall–Kier alpha value is -0.503. The molecular formula is C12H22OSi. The summed E-state index contributed by atoms with van der Waals surface area (Å²) >= 11 is 0. The first kappa shape index (κ1) is 11.6. The molecule has 0 unspecified atom stereocenters. The summed E-state index contributed by atoms with van der Waals surface area (Å²) < 4.78 is 6.06. The van der Waals surface area contributed by atoms with Gasteiger partial charge in [0, 0.05) is 6.42 Å². The average molecular weight is 210 g/mol. The van der Waals surface area contributed by atoms with Gasteiger partial charge in [-0.3, -0.25) is 0 Å². The van der Waals surface area contributed by atoms with Gasteiger partial charge in [0.05, 0.1) is 5.76 Å². The Balaban J connectivity index is 2.57. The van der Waals surface area contributed by atoms with E-state index in [2.05, 4.69) is 38.7 Å². The highest BCUT2D eigenvalue weighted by atomic mass is 28.4. The van der Waals surface area contributed by atoms with E-state index in [9.17, 15) is 0 Å². The number of hydrogen-bond acceptors (Lipinski definition) is 1. The number of unbranched alkanes of at least 4 members (excludes halogenated alkanes) is 1. The molecule has 1 rings (SSSR count). The van der Waals surface area contributed by atoms with Crippen LogP contribution in [0.1, 0.15) is 32.6 Å². The summed E-state index contributed by atoms with van der Waals surface area (Å²) in [6.45, 7) is 8.97. The summed E-state index contributed by atoms with van der Waals surface area (Å²) in [5.41, 5.74) is 1.44. The number of hydrogen-bond donors (Lipinski definition) is 0. The van der Waals surface area contributed by atoms with Crippen LogP contribution in [0.2, 0.25) is 19.6 Å². The molecule has 0 atom stereocenters. The van der Waals surface area contributed by atoms with Gasteiger partial charge in [-0.15, -0.1) is 0 Å². The molecule has 0 saturated carbocycles. The molecule has 1 aliphatic rings. The fourth-order valence-corrected chi connectivity index (χ4v) is 2.55. The van der Waals surface area contributed by atoms with Crippen molar-refractivity contribution in [1.29, 1.82) is 0 Å². The van der Waals surface area contributed by atoms with Gasteiger partial charge >= 0.3 is 0 Å². The molecule has 0 N–H and O–H groups in total. The van der Waals surface area contributed by atoms with Crippen LogP contribution in [0, 0.1) is 0 Å². The lowest BCUT2D eigenvalue weighted by molar-refractivity contribution is 0.408. The zero-order chi connectivity index (χ0) is 10.6. The third-order valence-corrected chi connectivity index (χ3v) is 3.07. The fraction of sp³-hybridized carbons (Fsp3) is 0.667. The molecule has 0 fully saturated rings. The van der Waals surface area contributed by atoms with Crippen LogP contribution in [0.4, 0.5) is 0 Å². The van der Waals surface area contributed by atoms with Crippen molar-refractivity contribution in [2.24, 2.45) is 0 Å². The molecule has 0 saturated heterocycles. The largest absolute Gasteiger partial charge is 0.547 e. The van der Waals surface area contributed by atoms with Gasteiger partial charge in [0.2, 0.25) is 8.32 Å². The van der Waals surface area contributed by atoms with Gasteiger partial charge < -0.3 is 4.43 Å². The Labute approximate surface area is 89.0 Å². The molecule has 0 aromatic rings. The molecule has 0 radical (unpaired) electrons. The van der Waals surface area contributed by atoms with Crippen LogP contribution in [0.15, 0.2) is 23.5 Å². The Bertz CT molecular complexity index is 246. The lowest BCUT2D eigenvalue weighted by Crippen LogP contribution is -2.24. The molecular weight excluding hydrogens is 188 g/mol. The van der Waals surface area contributed by atoms with Gasteiger partial charge in [0.15, 0.2) is 0 Å². The Morgan fingerprint density at radius 3 is 2.64 bits per heavy atom.